The Balaban J connectivity index is 0.000000932. The van der Waals surface area contributed by atoms with E-state index in [1.165, 1.54) is 116 Å². The summed E-state index contributed by atoms with van der Waals surface area (Å²) >= 11 is 0. The van der Waals surface area contributed by atoms with Gasteiger partial charge in [-0.3, -0.25) is 23.5 Å². The summed E-state index contributed by atoms with van der Waals surface area (Å²) in [6, 6.07) is 0.903. The van der Waals surface area contributed by atoms with E-state index in [4.69, 9.17) is 14.5 Å². The summed E-state index contributed by atoms with van der Waals surface area (Å²) in [6.45, 7) is 21.0. The molecule has 0 spiro atoms. The number of nitrogens with one attached hydrogen (secondary N) is 3. The minimum atomic E-state index is -6.04. The summed E-state index contributed by atoms with van der Waals surface area (Å²) in [5, 5.41) is 19.9. The lowest BCUT2D eigenvalue weighted by Crippen LogP contribution is -3.12. The monoisotopic (exact) mass is 854 g/mol. The highest BCUT2D eigenvalue weighted by Crippen LogP contribution is 2.62. The highest BCUT2D eigenvalue weighted by Gasteiger charge is 2.45. The van der Waals surface area contributed by atoms with Crippen molar-refractivity contribution in [1.29, 1.82) is 0 Å². The SMILES string of the molecule is CCCC[NH+](CCCC)CCCC.CCCC[NH+](CCCC)CCCC.O=c1ccn([C@@H]2O[C@H](COP(=O)([O-])OP(=O)([O-])OP(=O)(O)O)[C@@H](O)[C@H]2O)c(=O)[nH]1. The zero-order chi connectivity index (χ0) is 42.1. The first-order valence-corrected chi connectivity index (χ1v) is 24.0. The van der Waals surface area contributed by atoms with Gasteiger partial charge in [-0.1, -0.05) is 80.1 Å². The average Bonchev–Trinajstić information content (AvgIpc) is 3.37. The number of ether oxygens (including phenoxy) is 1. The minimum absolute atomic E-state index is 0.683. The van der Waals surface area contributed by atoms with E-state index in [2.05, 4.69) is 54.7 Å². The van der Waals surface area contributed by atoms with Crippen LogP contribution in [0.2, 0.25) is 0 Å². The summed E-state index contributed by atoms with van der Waals surface area (Å²) in [6.07, 6.45) is 10.6. The van der Waals surface area contributed by atoms with Gasteiger partial charge in [0.25, 0.3) is 21.2 Å². The fraction of sp³-hybridized carbons (Fsp3) is 0.879. The molecule has 0 amide bonds. The third-order valence-electron chi connectivity index (χ3n) is 8.57. The van der Waals surface area contributed by atoms with Crippen LogP contribution in [0.25, 0.3) is 0 Å². The fourth-order valence-electron chi connectivity index (χ4n) is 5.49. The van der Waals surface area contributed by atoms with E-state index in [-0.39, 0.29) is 0 Å². The maximum atomic E-state index is 11.7. The number of aliphatic hydroxyl groups excluding tert-OH is 2. The van der Waals surface area contributed by atoms with Crippen molar-refractivity contribution in [2.45, 2.75) is 143 Å². The number of hydrogen-bond donors (Lipinski definition) is 7. The molecule has 0 saturated carbocycles. The number of aromatic nitrogens is 2. The van der Waals surface area contributed by atoms with Crippen molar-refractivity contribution in [3.8, 4) is 0 Å². The van der Waals surface area contributed by atoms with E-state index in [0.29, 0.717) is 4.57 Å². The number of aromatic amines is 1. The number of phosphoric acid groups is 3. The highest BCUT2D eigenvalue weighted by atomic mass is 31.3. The van der Waals surface area contributed by atoms with Crippen molar-refractivity contribution in [2.24, 2.45) is 0 Å². The van der Waals surface area contributed by atoms with Crippen LogP contribution >= 0.6 is 23.5 Å². The molecule has 0 bridgehead atoms. The molecule has 55 heavy (non-hydrogen) atoms. The molecular formula is C33H69N4O15P3. The number of aliphatic hydroxyl groups is 2. The van der Waals surface area contributed by atoms with Crippen LogP contribution in [-0.2, 0) is 31.6 Å². The number of rotatable bonds is 26. The van der Waals surface area contributed by atoms with Crippen molar-refractivity contribution >= 4 is 23.5 Å². The number of hydrogen-bond acceptors (Lipinski definition) is 13. The Morgan fingerprint density at radius 1 is 0.709 bits per heavy atom. The Morgan fingerprint density at radius 2 is 1.11 bits per heavy atom. The molecule has 19 nitrogen and oxygen atoms in total. The molecule has 0 aromatic carbocycles. The van der Waals surface area contributed by atoms with Crippen LogP contribution in [-0.4, -0.2) is 93.7 Å². The van der Waals surface area contributed by atoms with E-state index in [9.17, 15) is 43.3 Å². The van der Waals surface area contributed by atoms with Crippen LogP contribution < -0.4 is 30.8 Å². The summed E-state index contributed by atoms with van der Waals surface area (Å²) < 4.78 is 49.6. The Kier molecular flexibility index (Phi) is 28.6. The predicted molar refractivity (Wildman–Crippen MR) is 203 cm³/mol. The lowest BCUT2D eigenvalue weighted by atomic mass is 10.1. The first kappa shape index (κ1) is 53.9. The molecule has 2 heterocycles. The van der Waals surface area contributed by atoms with Gasteiger partial charge in [0.05, 0.1) is 45.9 Å². The number of H-pyrrole nitrogens is 1. The fourth-order valence-corrected chi connectivity index (χ4v) is 8.42. The number of unbranched alkanes of at least 4 members (excludes halogenated alkanes) is 6. The highest BCUT2D eigenvalue weighted by molar-refractivity contribution is 7.65. The van der Waals surface area contributed by atoms with Gasteiger partial charge in [-0.25, -0.2) is 18.0 Å². The van der Waals surface area contributed by atoms with Gasteiger partial charge in [0, 0.05) is 12.3 Å². The van der Waals surface area contributed by atoms with E-state index in [1.54, 1.807) is 0 Å². The minimum Gasteiger partial charge on any atom is -0.756 e. The Hall–Kier alpha value is -1.11. The second-order valence-electron chi connectivity index (χ2n) is 13.5. The molecule has 0 radical (unpaired) electrons. The van der Waals surface area contributed by atoms with Crippen LogP contribution in [0.3, 0.4) is 0 Å². The standard InChI is InChI=1S/2C12H27N.C9H15N2O15P3/c2*1-4-7-10-13(11-8-5-2)12-9-6-3;12-5-1-2-11(9(15)10-5)8-7(14)6(13)4(24-8)3-23-28(19,20)26-29(21,22)25-27(16,17)18/h2*4-12H2,1-3H3;1-2,4,6-8,13-14H,3H2,(H,19,20)(H,21,22)(H,10,12,15)(H2,16,17,18)/t;;4-,6-,7-,8-/m..1/s1. The Labute approximate surface area is 325 Å². The lowest BCUT2D eigenvalue weighted by Gasteiger charge is -2.30. The molecule has 1 aliphatic heterocycles. The molecule has 1 saturated heterocycles. The molecule has 1 fully saturated rings. The molecule has 6 atom stereocenters. The summed E-state index contributed by atoms with van der Waals surface area (Å²) in [7, 11) is -17.5. The third kappa shape index (κ3) is 25.1. The molecular weight excluding hydrogens is 785 g/mol. The quantitative estimate of drug-likeness (QED) is 0.0635. The van der Waals surface area contributed by atoms with Gasteiger partial charge in [-0.05, 0) is 38.5 Å². The lowest BCUT2D eigenvalue weighted by molar-refractivity contribution is -0.900. The molecule has 1 aliphatic rings. The van der Waals surface area contributed by atoms with Crippen LogP contribution in [0, 0.1) is 0 Å². The summed E-state index contributed by atoms with van der Waals surface area (Å²) in [5.41, 5.74) is -1.78. The summed E-state index contributed by atoms with van der Waals surface area (Å²) in [5.74, 6) is 0. The molecule has 1 aromatic heterocycles. The van der Waals surface area contributed by atoms with Gasteiger partial charge < -0.3 is 48.8 Å². The predicted octanol–water partition coefficient (Wildman–Crippen LogP) is 0.778. The smallest absolute Gasteiger partial charge is 0.476 e. The molecule has 1 aromatic rings. The van der Waals surface area contributed by atoms with Gasteiger partial charge in [-0.2, -0.15) is 0 Å². The second kappa shape index (κ2) is 29.2. The van der Waals surface area contributed by atoms with E-state index in [1.807, 2.05) is 14.8 Å². The number of nitrogens with zero attached hydrogens (tertiary/aromatic N) is 1. The van der Waals surface area contributed by atoms with Crippen molar-refractivity contribution in [2.75, 3.05) is 45.9 Å². The summed E-state index contributed by atoms with van der Waals surface area (Å²) in [4.78, 5) is 67.7. The first-order chi connectivity index (χ1) is 25.8. The van der Waals surface area contributed by atoms with E-state index >= 15 is 0 Å². The van der Waals surface area contributed by atoms with Gasteiger partial charge in [0.2, 0.25) is 0 Å². The zero-order valence-electron chi connectivity index (χ0n) is 33.5. The molecule has 7 N–H and O–H groups in total. The second-order valence-corrected chi connectivity index (χ2v) is 17.9. The van der Waals surface area contributed by atoms with Gasteiger partial charge in [0.1, 0.15) is 18.3 Å². The van der Waals surface area contributed by atoms with Crippen LogP contribution in [0.1, 0.15) is 125 Å². The third-order valence-corrected chi connectivity index (χ3v) is 12.3. The van der Waals surface area contributed by atoms with Gasteiger partial charge in [0.15, 0.2) is 6.23 Å². The van der Waals surface area contributed by atoms with Crippen molar-refractivity contribution in [3.05, 3.63) is 33.1 Å². The Morgan fingerprint density at radius 3 is 1.45 bits per heavy atom. The van der Waals surface area contributed by atoms with Crippen molar-refractivity contribution in [1.82, 2.24) is 9.55 Å². The van der Waals surface area contributed by atoms with Crippen LogP contribution in [0.5, 0.6) is 0 Å². The molecule has 2 unspecified atom stereocenters. The van der Waals surface area contributed by atoms with E-state index in [0.717, 1.165) is 12.3 Å². The molecule has 0 aliphatic carbocycles. The molecule has 326 valence electrons. The zero-order valence-corrected chi connectivity index (χ0v) is 36.2. The Bertz CT molecular complexity index is 1350. The van der Waals surface area contributed by atoms with Crippen LogP contribution in [0.4, 0.5) is 0 Å². The maximum absolute atomic E-state index is 11.7. The average molecular weight is 855 g/mol. The van der Waals surface area contributed by atoms with Crippen LogP contribution in [0.15, 0.2) is 21.9 Å². The normalized spacial score (nSPS) is 20.7. The van der Waals surface area contributed by atoms with E-state index < -0.39 is 65.9 Å². The molecule has 2 rings (SSSR count). The van der Waals surface area contributed by atoms with Gasteiger partial charge in [-0.15, -0.1) is 0 Å². The van der Waals surface area contributed by atoms with Gasteiger partial charge >= 0.3 is 13.5 Å². The largest absolute Gasteiger partial charge is 0.756 e. The molecule has 22 heteroatoms. The topological polar surface area (TPSA) is 279 Å². The number of quaternary nitrogens is 2. The van der Waals surface area contributed by atoms with Crippen molar-refractivity contribution in [3.63, 3.8) is 0 Å². The van der Waals surface area contributed by atoms with Crippen molar-refractivity contribution < 1.29 is 71.2 Å². The first-order valence-electron chi connectivity index (χ1n) is 19.5. The number of phosphoric ester groups is 1. The maximum Gasteiger partial charge on any atom is 0.476 e.